The fourth-order valence-electron chi connectivity index (χ4n) is 0.719. The number of benzene rings is 1. The Morgan fingerprint density at radius 1 is 1.27 bits per heavy atom. The second-order valence-corrected chi connectivity index (χ2v) is 3.44. The smallest absolute Gasteiger partial charge is 0.137 e. The second-order valence-electron chi connectivity index (χ2n) is 1.94. The Morgan fingerprint density at radius 3 is 2.27 bits per heavy atom. The van der Waals surface area contributed by atoms with Crippen LogP contribution in [-0.4, -0.2) is 0 Å². The van der Waals surface area contributed by atoms with Crippen LogP contribution in [0.2, 0.25) is 5.02 Å². The number of hydrogen-bond acceptors (Lipinski definition) is 0. The first kappa shape index (κ1) is 9.11. The molecule has 1 rings (SSSR count). The van der Waals surface area contributed by atoms with Crippen molar-refractivity contribution in [3.8, 4) is 0 Å². The van der Waals surface area contributed by atoms with Gasteiger partial charge in [-0.15, -0.1) is 0 Å². The van der Waals surface area contributed by atoms with Crippen molar-refractivity contribution in [3.05, 3.63) is 34.6 Å². The molecule has 0 heterocycles. The van der Waals surface area contributed by atoms with Crippen LogP contribution in [0.4, 0.5) is 4.39 Å². The maximum atomic E-state index is 12.8. The third-order valence-electron chi connectivity index (χ3n) is 1.22. The van der Waals surface area contributed by atoms with Gasteiger partial charge in [-0.2, -0.15) is 0 Å². The zero-order valence-corrected chi connectivity index (χ0v) is 7.59. The number of hydrogen-bond donors (Lipinski definition) is 0. The first-order valence-electron chi connectivity index (χ1n) is 2.85. The zero-order chi connectivity index (χ0) is 8.43. The summed E-state index contributed by atoms with van der Waals surface area (Å²) in [6.07, 6.45) is 0. The van der Waals surface area contributed by atoms with Crippen LogP contribution in [0.3, 0.4) is 0 Å². The predicted octanol–water partition coefficient (Wildman–Crippen LogP) is 3.96. The van der Waals surface area contributed by atoms with Gasteiger partial charge in [0.15, 0.2) is 0 Å². The van der Waals surface area contributed by atoms with Gasteiger partial charge in [-0.1, -0.05) is 40.9 Å². The molecule has 11 heavy (non-hydrogen) atoms. The SMILES string of the molecule is Fc1cccc(Cl)c1C(Cl)Cl. The first-order valence-corrected chi connectivity index (χ1v) is 4.10. The van der Waals surface area contributed by atoms with Crippen molar-refractivity contribution in [1.82, 2.24) is 0 Å². The number of alkyl halides is 2. The molecule has 0 atom stereocenters. The molecule has 0 fully saturated rings. The van der Waals surface area contributed by atoms with Crippen LogP contribution in [0, 0.1) is 5.82 Å². The third-order valence-corrected chi connectivity index (χ3v) is 1.98. The highest BCUT2D eigenvalue weighted by Gasteiger charge is 2.12. The fraction of sp³-hybridized carbons (Fsp3) is 0.143. The Morgan fingerprint density at radius 2 is 1.91 bits per heavy atom. The molecule has 0 bridgehead atoms. The molecular formula is C7H4Cl3F. The van der Waals surface area contributed by atoms with Crippen LogP contribution >= 0.6 is 34.8 Å². The zero-order valence-electron chi connectivity index (χ0n) is 5.32. The van der Waals surface area contributed by atoms with Crippen molar-refractivity contribution in [2.24, 2.45) is 0 Å². The van der Waals surface area contributed by atoms with Crippen LogP contribution in [0.5, 0.6) is 0 Å². The Kier molecular flexibility index (Phi) is 2.99. The fourth-order valence-corrected chi connectivity index (χ4v) is 1.55. The summed E-state index contributed by atoms with van der Waals surface area (Å²) in [6, 6.07) is 4.30. The molecule has 0 unspecified atom stereocenters. The van der Waals surface area contributed by atoms with E-state index >= 15 is 0 Å². The van der Waals surface area contributed by atoms with E-state index in [0.29, 0.717) is 0 Å². The lowest BCUT2D eigenvalue weighted by Crippen LogP contribution is -1.89. The summed E-state index contributed by atoms with van der Waals surface area (Å²) in [5.74, 6) is -0.479. The Labute approximate surface area is 78.9 Å². The molecule has 0 aromatic heterocycles. The highest BCUT2D eigenvalue weighted by atomic mass is 35.5. The van der Waals surface area contributed by atoms with Gasteiger partial charge in [-0.05, 0) is 12.1 Å². The number of rotatable bonds is 1. The van der Waals surface area contributed by atoms with Crippen molar-refractivity contribution in [3.63, 3.8) is 0 Å². The topological polar surface area (TPSA) is 0 Å². The minimum Gasteiger partial charge on any atom is -0.207 e. The van der Waals surface area contributed by atoms with Crippen LogP contribution in [0.1, 0.15) is 10.4 Å². The van der Waals surface area contributed by atoms with E-state index in [0.717, 1.165) is 0 Å². The van der Waals surface area contributed by atoms with Gasteiger partial charge >= 0.3 is 0 Å². The standard InChI is InChI=1S/C7H4Cl3F/c8-4-2-1-3-5(11)6(4)7(9)10/h1-3,7H. The van der Waals surface area contributed by atoms with Gasteiger partial charge in [-0.3, -0.25) is 0 Å². The minimum absolute atomic E-state index is 0.137. The number of halogens is 4. The minimum atomic E-state index is -0.913. The van der Waals surface area contributed by atoms with Crippen molar-refractivity contribution in [1.29, 1.82) is 0 Å². The molecule has 0 nitrogen and oxygen atoms in total. The quantitative estimate of drug-likeness (QED) is 0.620. The summed E-state index contributed by atoms with van der Waals surface area (Å²) < 4.78 is 12.8. The van der Waals surface area contributed by atoms with Crippen molar-refractivity contribution in [2.45, 2.75) is 4.84 Å². The predicted molar refractivity (Wildman–Crippen MR) is 45.9 cm³/mol. The molecular weight excluding hydrogens is 209 g/mol. The summed E-state index contributed by atoms with van der Waals surface area (Å²) in [7, 11) is 0. The molecule has 0 saturated carbocycles. The van der Waals surface area contributed by atoms with Crippen LogP contribution in [0.25, 0.3) is 0 Å². The molecule has 0 amide bonds. The van der Waals surface area contributed by atoms with E-state index in [-0.39, 0.29) is 10.6 Å². The van der Waals surface area contributed by atoms with E-state index in [1.54, 1.807) is 0 Å². The maximum Gasteiger partial charge on any atom is 0.137 e. The molecule has 0 radical (unpaired) electrons. The Bertz CT molecular complexity index is 240. The average molecular weight is 213 g/mol. The maximum absolute atomic E-state index is 12.8. The third kappa shape index (κ3) is 1.98. The van der Waals surface area contributed by atoms with Gasteiger partial charge in [0, 0.05) is 10.6 Å². The lowest BCUT2D eigenvalue weighted by Gasteiger charge is -2.04. The summed E-state index contributed by atoms with van der Waals surface area (Å²) in [4.78, 5) is -0.913. The van der Waals surface area contributed by atoms with Gasteiger partial charge in [-0.25, -0.2) is 4.39 Å². The Hall–Kier alpha value is 0.0200. The summed E-state index contributed by atoms with van der Waals surface area (Å²) in [6.45, 7) is 0. The largest absolute Gasteiger partial charge is 0.207 e. The molecule has 1 aromatic carbocycles. The lowest BCUT2D eigenvalue weighted by molar-refractivity contribution is 0.616. The average Bonchev–Trinajstić information content (AvgIpc) is 1.85. The van der Waals surface area contributed by atoms with Gasteiger partial charge in [0.05, 0.1) is 0 Å². The van der Waals surface area contributed by atoms with E-state index in [1.807, 2.05) is 0 Å². The second kappa shape index (κ2) is 3.61. The van der Waals surface area contributed by atoms with Gasteiger partial charge < -0.3 is 0 Å². The summed E-state index contributed by atoms with van der Waals surface area (Å²) >= 11 is 16.5. The van der Waals surface area contributed by atoms with E-state index < -0.39 is 10.7 Å². The molecule has 1 aromatic rings. The highest BCUT2D eigenvalue weighted by Crippen LogP contribution is 2.32. The normalized spacial score (nSPS) is 10.6. The lowest BCUT2D eigenvalue weighted by atomic mass is 10.2. The van der Waals surface area contributed by atoms with Crippen LogP contribution in [-0.2, 0) is 0 Å². The van der Waals surface area contributed by atoms with Gasteiger partial charge in [0.1, 0.15) is 10.7 Å². The van der Waals surface area contributed by atoms with E-state index in [1.165, 1.54) is 18.2 Å². The van der Waals surface area contributed by atoms with Crippen LogP contribution in [0.15, 0.2) is 18.2 Å². The monoisotopic (exact) mass is 212 g/mol. The van der Waals surface area contributed by atoms with Crippen molar-refractivity contribution >= 4 is 34.8 Å². The molecule has 0 N–H and O–H groups in total. The highest BCUT2D eigenvalue weighted by molar-refractivity contribution is 6.45. The van der Waals surface area contributed by atoms with Gasteiger partial charge in [0.2, 0.25) is 0 Å². The molecule has 60 valence electrons. The van der Waals surface area contributed by atoms with Gasteiger partial charge in [0.25, 0.3) is 0 Å². The Balaban J connectivity index is 3.21. The first-order chi connectivity index (χ1) is 5.13. The summed E-state index contributed by atoms with van der Waals surface area (Å²) in [5, 5.41) is 0.250. The van der Waals surface area contributed by atoms with E-state index in [4.69, 9.17) is 34.8 Å². The van der Waals surface area contributed by atoms with E-state index in [2.05, 4.69) is 0 Å². The summed E-state index contributed by atoms with van der Waals surface area (Å²) in [5.41, 5.74) is 0.137. The van der Waals surface area contributed by atoms with Crippen molar-refractivity contribution < 1.29 is 4.39 Å². The molecule has 0 saturated heterocycles. The molecule has 0 aliphatic carbocycles. The molecule has 4 heteroatoms. The molecule has 0 aliphatic rings. The van der Waals surface area contributed by atoms with E-state index in [9.17, 15) is 4.39 Å². The van der Waals surface area contributed by atoms with Crippen molar-refractivity contribution in [2.75, 3.05) is 0 Å². The molecule has 0 spiro atoms. The molecule has 0 aliphatic heterocycles. The van der Waals surface area contributed by atoms with Crippen LogP contribution < -0.4 is 0 Å².